The third kappa shape index (κ3) is 4.69. The Bertz CT molecular complexity index is 956. The molecular weight excluding hydrogens is 383 g/mol. The zero-order valence-corrected chi connectivity index (χ0v) is 16.5. The van der Waals surface area contributed by atoms with E-state index in [1.165, 1.54) is 35.7 Å². The maximum absolute atomic E-state index is 13.8. The van der Waals surface area contributed by atoms with Crippen molar-refractivity contribution >= 4 is 21.6 Å². The van der Waals surface area contributed by atoms with Crippen molar-refractivity contribution in [2.45, 2.75) is 30.6 Å². The van der Waals surface area contributed by atoms with Crippen molar-refractivity contribution in [1.82, 2.24) is 4.31 Å². The van der Waals surface area contributed by atoms with Crippen molar-refractivity contribution < 1.29 is 22.3 Å². The molecule has 0 aromatic heterocycles. The van der Waals surface area contributed by atoms with Gasteiger partial charge in [-0.1, -0.05) is 18.6 Å². The first-order valence-corrected chi connectivity index (χ1v) is 10.6. The molecular formula is C20H23FN2O4S. The minimum atomic E-state index is -3.57. The van der Waals surface area contributed by atoms with Crippen LogP contribution in [0.4, 0.5) is 10.1 Å². The molecule has 0 unspecified atom stereocenters. The van der Waals surface area contributed by atoms with Crippen LogP contribution < -0.4 is 10.1 Å². The first-order valence-electron chi connectivity index (χ1n) is 9.12. The minimum absolute atomic E-state index is 0.0377. The van der Waals surface area contributed by atoms with Crippen LogP contribution in [0.15, 0.2) is 47.4 Å². The molecule has 1 aliphatic heterocycles. The first kappa shape index (κ1) is 20.3. The number of carbonyl (C=O) groups is 1. The van der Waals surface area contributed by atoms with Crippen LogP contribution in [-0.4, -0.2) is 38.8 Å². The van der Waals surface area contributed by atoms with Crippen LogP contribution in [0.3, 0.4) is 0 Å². The number of methoxy groups -OCH3 is 1. The molecule has 1 fully saturated rings. The average Bonchev–Trinajstić information content (AvgIpc) is 2.69. The van der Waals surface area contributed by atoms with Crippen LogP contribution in [-0.2, 0) is 21.2 Å². The summed E-state index contributed by atoms with van der Waals surface area (Å²) in [5, 5.41) is 2.68. The van der Waals surface area contributed by atoms with Gasteiger partial charge in [0.1, 0.15) is 0 Å². The van der Waals surface area contributed by atoms with Gasteiger partial charge in [-0.25, -0.2) is 12.8 Å². The standard InChI is InChI=1S/C20H23FN2O4S/c1-27-19-9-8-15(12-18(19)21)13-20(24)22-16-6-5-7-17(14-16)28(25,26)23-10-3-2-4-11-23/h5-9,12,14H,2-4,10-11,13H2,1H3,(H,22,24). The average molecular weight is 406 g/mol. The Labute approximate surface area is 164 Å². The van der Waals surface area contributed by atoms with Gasteiger partial charge >= 0.3 is 0 Å². The van der Waals surface area contributed by atoms with E-state index in [1.807, 2.05) is 0 Å². The number of amides is 1. The van der Waals surface area contributed by atoms with Gasteiger partial charge in [0.2, 0.25) is 15.9 Å². The first-order chi connectivity index (χ1) is 13.4. The van der Waals surface area contributed by atoms with Crippen LogP contribution in [0.5, 0.6) is 5.75 Å². The number of hydrogen-bond donors (Lipinski definition) is 1. The number of nitrogens with one attached hydrogen (secondary N) is 1. The Hall–Kier alpha value is -2.45. The van der Waals surface area contributed by atoms with Gasteiger partial charge in [-0.05, 0) is 48.7 Å². The van der Waals surface area contributed by atoms with E-state index in [2.05, 4.69) is 5.32 Å². The normalized spacial score (nSPS) is 15.2. The molecule has 3 rings (SSSR count). The van der Waals surface area contributed by atoms with Gasteiger partial charge in [-0.15, -0.1) is 0 Å². The van der Waals surface area contributed by atoms with E-state index < -0.39 is 15.8 Å². The van der Waals surface area contributed by atoms with E-state index in [0.29, 0.717) is 24.3 Å². The van der Waals surface area contributed by atoms with Gasteiger partial charge in [0, 0.05) is 18.8 Å². The highest BCUT2D eigenvalue weighted by Crippen LogP contribution is 2.23. The van der Waals surface area contributed by atoms with E-state index in [1.54, 1.807) is 18.2 Å². The lowest BCUT2D eigenvalue weighted by molar-refractivity contribution is -0.115. The van der Waals surface area contributed by atoms with E-state index in [-0.39, 0.29) is 23.0 Å². The Kier molecular flexibility index (Phi) is 6.31. The predicted octanol–water partition coefficient (Wildman–Crippen LogP) is 3.19. The molecule has 1 heterocycles. The smallest absolute Gasteiger partial charge is 0.243 e. The Morgan fingerprint density at radius 1 is 1.14 bits per heavy atom. The second-order valence-corrected chi connectivity index (χ2v) is 8.62. The van der Waals surface area contributed by atoms with Crippen molar-refractivity contribution in [3.63, 3.8) is 0 Å². The largest absolute Gasteiger partial charge is 0.494 e. The van der Waals surface area contributed by atoms with Gasteiger partial charge in [-0.3, -0.25) is 4.79 Å². The number of benzene rings is 2. The highest BCUT2D eigenvalue weighted by atomic mass is 32.2. The second kappa shape index (κ2) is 8.70. The Balaban J connectivity index is 1.70. The number of halogens is 1. The molecule has 0 radical (unpaired) electrons. The molecule has 0 aliphatic carbocycles. The maximum Gasteiger partial charge on any atom is 0.243 e. The third-order valence-electron chi connectivity index (χ3n) is 4.65. The highest BCUT2D eigenvalue weighted by Gasteiger charge is 2.26. The van der Waals surface area contributed by atoms with Crippen molar-refractivity contribution in [3.8, 4) is 5.75 Å². The number of carbonyl (C=O) groups excluding carboxylic acids is 1. The summed E-state index contributed by atoms with van der Waals surface area (Å²) in [6.45, 7) is 1.03. The Morgan fingerprint density at radius 3 is 2.57 bits per heavy atom. The molecule has 1 N–H and O–H groups in total. The Morgan fingerprint density at radius 2 is 1.89 bits per heavy atom. The maximum atomic E-state index is 13.8. The fourth-order valence-electron chi connectivity index (χ4n) is 3.20. The van der Waals surface area contributed by atoms with E-state index >= 15 is 0 Å². The predicted molar refractivity (Wildman–Crippen MR) is 104 cm³/mol. The van der Waals surface area contributed by atoms with E-state index in [4.69, 9.17) is 4.74 Å². The van der Waals surface area contributed by atoms with Gasteiger partial charge in [0.25, 0.3) is 0 Å². The number of sulfonamides is 1. The van der Waals surface area contributed by atoms with Gasteiger partial charge in [0.05, 0.1) is 18.4 Å². The van der Waals surface area contributed by atoms with Gasteiger partial charge in [-0.2, -0.15) is 4.31 Å². The van der Waals surface area contributed by atoms with Crippen LogP contribution >= 0.6 is 0 Å². The van der Waals surface area contributed by atoms with E-state index in [9.17, 15) is 17.6 Å². The van der Waals surface area contributed by atoms with Crippen molar-refractivity contribution in [3.05, 3.63) is 53.8 Å². The number of anilines is 1. The zero-order chi connectivity index (χ0) is 20.1. The quantitative estimate of drug-likeness (QED) is 0.799. The fraction of sp³-hybridized carbons (Fsp3) is 0.350. The second-order valence-electron chi connectivity index (χ2n) is 6.69. The molecule has 1 aliphatic rings. The molecule has 2 aromatic carbocycles. The minimum Gasteiger partial charge on any atom is -0.494 e. The lowest BCUT2D eigenvalue weighted by Gasteiger charge is -2.26. The molecule has 0 saturated carbocycles. The molecule has 0 spiro atoms. The summed E-state index contributed by atoms with van der Waals surface area (Å²) in [6.07, 6.45) is 2.71. The number of hydrogen-bond acceptors (Lipinski definition) is 4. The molecule has 2 aromatic rings. The SMILES string of the molecule is COc1ccc(CC(=O)Nc2cccc(S(=O)(=O)N3CCCCC3)c2)cc1F. The van der Waals surface area contributed by atoms with E-state index in [0.717, 1.165) is 19.3 Å². The van der Waals surface area contributed by atoms with Crippen molar-refractivity contribution in [2.24, 2.45) is 0 Å². The molecule has 0 bridgehead atoms. The van der Waals surface area contributed by atoms with Crippen LogP contribution in [0.2, 0.25) is 0 Å². The summed E-state index contributed by atoms with van der Waals surface area (Å²) in [6, 6.07) is 10.5. The molecule has 1 amide bonds. The lowest BCUT2D eigenvalue weighted by atomic mass is 10.1. The summed E-state index contributed by atoms with van der Waals surface area (Å²) < 4.78 is 45.7. The molecule has 28 heavy (non-hydrogen) atoms. The van der Waals surface area contributed by atoms with Crippen LogP contribution in [0.1, 0.15) is 24.8 Å². The summed E-state index contributed by atoms with van der Waals surface area (Å²) in [5.41, 5.74) is 0.880. The van der Waals surface area contributed by atoms with Crippen molar-refractivity contribution in [2.75, 3.05) is 25.5 Å². The van der Waals surface area contributed by atoms with Crippen LogP contribution in [0.25, 0.3) is 0 Å². The highest BCUT2D eigenvalue weighted by molar-refractivity contribution is 7.89. The number of rotatable bonds is 6. The molecule has 6 nitrogen and oxygen atoms in total. The number of nitrogens with zero attached hydrogens (tertiary/aromatic N) is 1. The fourth-order valence-corrected chi connectivity index (χ4v) is 4.76. The third-order valence-corrected chi connectivity index (χ3v) is 6.55. The zero-order valence-electron chi connectivity index (χ0n) is 15.7. The summed E-state index contributed by atoms with van der Waals surface area (Å²) in [5.74, 6) is -0.792. The molecule has 150 valence electrons. The van der Waals surface area contributed by atoms with Gasteiger partial charge in [0.15, 0.2) is 11.6 Å². The molecule has 8 heteroatoms. The lowest BCUT2D eigenvalue weighted by Crippen LogP contribution is -2.35. The monoisotopic (exact) mass is 406 g/mol. The molecule has 1 saturated heterocycles. The summed E-state index contributed by atoms with van der Waals surface area (Å²) in [7, 11) is -2.20. The van der Waals surface area contributed by atoms with Crippen LogP contribution in [0, 0.1) is 5.82 Å². The topological polar surface area (TPSA) is 75.7 Å². The summed E-state index contributed by atoms with van der Waals surface area (Å²) >= 11 is 0. The summed E-state index contributed by atoms with van der Waals surface area (Å²) in [4.78, 5) is 12.4. The molecule has 0 atom stereocenters. The number of piperidine rings is 1. The number of ether oxygens (including phenoxy) is 1. The van der Waals surface area contributed by atoms with Gasteiger partial charge < -0.3 is 10.1 Å². The van der Waals surface area contributed by atoms with Crippen molar-refractivity contribution in [1.29, 1.82) is 0 Å².